The van der Waals surface area contributed by atoms with Crippen molar-refractivity contribution in [3.8, 4) is 0 Å². The van der Waals surface area contributed by atoms with Gasteiger partial charge in [-0.2, -0.15) is 8.42 Å². The number of ether oxygens (including phenoxy) is 1. The van der Waals surface area contributed by atoms with Crippen LogP contribution in [-0.4, -0.2) is 48.2 Å². The molecule has 0 radical (unpaired) electrons. The molecule has 0 saturated carbocycles. The zero-order valence-electron chi connectivity index (χ0n) is 23.9. The Kier molecular flexibility index (Phi) is 11.4. The van der Waals surface area contributed by atoms with E-state index in [0.717, 1.165) is 5.56 Å². The van der Waals surface area contributed by atoms with Crippen LogP contribution in [0.4, 0.5) is 0 Å². The maximum Gasteiger partial charge on any atom is 0.297 e. The summed E-state index contributed by atoms with van der Waals surface area (Å²) in [5, 5.41) is 2.30. The van der Waals surface area contributed by atoms with E-state index < -0.39 is 24.5 Å². The third-order valence-electron chi connectivity index (χ3n) is 6.74. The summed E-state index contributed by atoms with van der Waals surface area (Å²) in [6.07, 6.45) is 1.80. The van der Waals surface area contributed by atoms with Crippen molar-refractivity contribution in [1.29, 1.82) is 0 Å². The lowest BCUT2D eigenvalue weighted by molar-refractivity contribution is 0.0580. The average molecular weight is 587 g/mol. The molecule has 0 unspecified atom stereocenters. The minimum Gasteiger partial charge on any atom is -0.407 e. The van der Waals surface area contributed by atoms with Gasteiger partial charge in [-0.25, -0.2) is 0 Å². The van der Waals surface area contributed by atoms with Crippen LogP contribution in [0.5, 0.6) is 0 Å². The normalized spacial score (nSPS) is 14.2. The molecule has 0 aromatic heterocycles. The van der Waals surface area contributed by atoms with E-state index in [9.17, 15) is 8.42 Å². The van der Waals surface area contributed by atoms with E-state index in [1.807, 2.05) is 25.3 Å². The van der Waals surface area contributed by atoms with Crippen molar-refractivity contribution in [2.24, 2.45) is 5.92 Å². The summed E-state index contributed by atoms with van der Waals surface area (Å²) in [5.41, 5.74) is 0.989. The largest absolute Gasteiger partial charge is 0.407 e. The first-order valence-electron chi connectivity index (χ1n) is 13.3. The quantitative estimate of drug-likeness (QED) is 0.0998. The summed E-state index contributed by atoms with van der Waals surface area (Å²) in [6.45, 7) is 11.4. The van der Waals surface area contributed by atoms with Crippen molar-refractivity contribution in [2.75, 3.05) is 25.4 Å². The van der Waals surface area contributed by atoms with Gasteiger partial charge in [0, 0.05) is 6.61 Å². The molecule has 0 aliphatic carbocycles. The van der Waals surface area contributed by atoms with Gasteiger partial charge >= 0.3 is 0 Å². The zero-order chi connectivity index (χ0) is 28.5. The van der Waals surface area contributed by atoms with Gasteiger partial charge in [-0.3, -0.25) is 4.18 Å². The van der Waals surface area contributed by atoms with Gasteiger partial charge in [0.05, 0.1) is 17.4 Å². The number of hydrogen-bond acceptors (Lipinski definition) is 6. The number of benzene rings is 3. The fourth-order valence-electron chi connectivity index (χ4n) is 4.88. The molecule has 5 nitrogen and oxygen atoms in total. The molecule has 2 atom stereocenters. The highest BCUT2D eigenvalue weighted by molar-refractivity contribution is 7.98. The van der Waals surface area contributed by atoms with Crippen LogP contribution in [0.1, 0.15) is 39.7 Å². The molecule has 0 aliphatic rings. The molecular weight excluding hydrogens is 545 g/mol. The maximum absolute atomic E-state index is 13.1. The van der Waals surface area contributed by atoms with Crippen molar-refractivity contribution in [3.05, 3.63) is 90.5 Å². The molecule has 8 heteroatoms. The van der Waals surface area contributed by atoms with Crippen LogP contribution >= 0.6 is 11.8 Å². The standard InChI is InChI=1S/C31H42O5S2Si/c1-25-17-19-28(20-18-25)38(32,33)36-27(23-34-24-37-6)21-26(2)22-35-39(31(3,4)5,29-13-9-7-10-14-29)30-15-11-8-12-16-30/h7-20,26-27H,21-24H2,1-6H3/t26-,27+/m1/s1. The molecule has 3 aromatic carbocycles. The predicted molar refractivity (Wildman–Crippen MR) is 165 cm³/mol. The Labute approximate surface area is 240 Å². The van der Waals surface area contributed by atoms with Crippen LogP contribution in [-0.2, 0) is 23.5 Å². The second-order valence-corrected chi connectivity index (χ2v) is 17.8. The number of hydrogen-bond donors (Lipinski definition) is 0. The van der Waals surface area contributed by atoms with E-state index in [0.29, 0.717) is 19.0 Å². The predicted octanol–water partition coefficient (Wildman–Crippen LogP) is 6.01. The topological polar surface area (TPSA) is 61.8 Å². The van der Waals surface area contributed by atoms with Gasteiger partial charge in [0.25, 0.3) is 18.4 Å². The lowest BCUT2D eigenvalue weighted by Crippen LogP contribution is -2.66. The first-order valence-corrected chi connectivity index (χ1v) is 18.0. The highest BCUT2D eigenvalue weighted by Gasteiger charge is 2.50. The minimum atomic E-state index is -3.93. The number of thioether (sulfide) groups is 1. The first-order chi connectivity index (χ1) is 18.5. The van der Waals surface area contributed by atoms with E-state index in [2.05, 4.69) is 76.2 Å². The summed E-state index contributed by atoms with van der Waals surface area (Å²) in [4.78, 5) is 0.152. The van der Waals surface area contributed by atoms with Gasteiger partial charge in [0.15, 0.2) is 0 Å². The van der Waals surface area contributed by atoms with Crippen molar-refractivity contribution in [3.63, 3.8) is 0 Å². The van der Waals surface area contributed by atoms with E-state index in [4.69, 9.17) is 13.3 Å². The fourth-order valence-corrected chi connectivity index (χ4v) is 10.9. The summed E-state index contributed by atoms with van der Waals surface area (Å²) >= 11 is 1.54. The Morgan fingerprint density at radius 3 is 1.87 bits per heavy atom. The summed E-state index contributed by atoms with van der Waals surface area (Å²) in [6, 6.07) is 27.7. The smallest absolute Gasteiger partial charge is 0.297 e. The molecule has 0 saturated heterocycles. The lowest BCUT2D eigenvalue weighted by Gasteiger charge is -2.43. The van der Waals surface area contributed by atoms with E-state index >= 15 is 0 Å². The third kappa shape index (κ3) is 8.28. The zero-order valence-corrected chi connectivity index (χ0v) is 26.6. The summed E-state index contributed by atoms with van der Waals surface area (Å²) < 4.78 is 44.7. The molecule has 3 aromatic rings. The minimum absolute atomic E-state index is 0.0303. The summed E-state index contributed by atoms with van der Waals surface area (Å²) in [5.74, 6) is 0.500. The molecule has 0 heterocycles. The second-order valence-electron chi connectivity index (χ2n) is 11.1. The molecule has 0 aliphatic heterocycles. The van der Waals surface area contributed by atoms with E-state index in [1.165, 1.54) is 10.4 Å². The molecule has 212 valence electrons. The SMILES string of the molecule is CSCOC[C@H](C[C@@H](C)CO[Si](c1ccccc1)(c1ccccc1)C(C)(C)C)OS(=O)(=O)c1ccc(C)cc1. The Morgan fingerprint density at radius 2 is 1.38 bits per heavy atom. The van der Waals surface area contributed by atoms with Gasteiger partial charge in [-0.15, -0.1) is 11.8 Å². The van der Waals surface area contributed by atoms with Gasteiger partial charge in [-0.05, 0) is 53.1 Å². The molecule has 0 N–H and O–H groups in total. The van der Waals surface area contributed by atoms with Crippen molar-refractivity contribution < 1.29 is 21.8 Å². The second kappa shape index (κ2) is 14.1. The number of rotatable bonds is 14. The van der Waals surface area contributed by atoms with Gasteiger partial charge < -0.3 is 9.16 Å². The van der Waals surface area contributed by atoms with E-state index in [1.54, 1.807) is 36.0 Å². The van der Waals surface area contributed by atoms with Crippen LogP contribution in [0.15, 0.2) is 89.8 Å². The molecule has 39 heavy (non-hydrogen) atoms. The third-order valence-corrected chi connectivity index (χ3v) is 13.5. The van der Waals surface area contributed by atoms with Crippen LogP contribution in [0, 0.1) is 12.8 Å². The Hall–Kier alpha value is -1.94. The van der Waals surface area contributed by atoms with Crippen LogP contribution in [0.2, 0.25) is 5.04 Å². The lowest BCUT2D eigenvalue weighted by atomic mass is 10.1. The van der Waals surface area contributed by atoms with Crippen LogP contribution in [0.3, 0.4) is 0 Å². The monoisotopic (exact) mass is 586 g/mol. The molecule has 0 spiro atoms. The average Bonchev–Trinajstić information content (AvgIpc) is 2.89. The Bertz CT molecular complexity index is 1200. The highest BCUT2D eigenvalue weighted by Crippen LogP contribution is 2.37. The maximum atomic E-state index is 13.1. The summed E-state index contributed by atoms with van der Waals surface area (Å²) in [7, 11) is -6.62. The Balaban J connectivity index is 1.84. The van der Waals surface area contributed by atoms with Crippen molar-refractivity contribution in [2.45, 2.75) is 57.1 Å². The molecule has 3 rings (SSSR count). The molecule has 0 fully saturated rings. The fraction of sp³-hybridized carbons (Fsp3) is 0.419. The molecule has 0 bridgehead atoms. The molecule has 0 amide bonds. The van der Waals surface area contributed by atoms with Gasteiger partial charge in [-0.1, -0.05) is 106 Å². The van der Waals surface area contributed by atoms with Crippen molar-refractivity contribution >= 4 is 40.6 Å². The van der Waals surface area contributed by atoms with Gasteiger partial charge in [0.1, 0.15) is 6.10 Å². The van der Waals surface area contributed by atoms with Crippen LogP contribution < -0.4 is 10.4 Å². The number of aryl methyl sites for hydroxylation is 1. The highest BCUT2D eigenvalue weighted by atomic mass is 32.2. The van der Waals surface area contributed by atoms with E-state index in [-0.39, 0.29) is 22.5 Å². The Morgan fingerprint density at radius 1 is 0.846 bits per heavy atom. The van der Waals surface area contributed by atoms with Gasteiger partial charge in [0.2, 0.25) is 0 Å². The molecular formula is C31H42O5S2Si. The van der Waals surface area contributed by atoms with Crippen molar-refractivity contribution in [1.82, 2.24) is 0 Å². The van der Waals surface area contributed by atoms with Crippen LogP contribution in [0.25, 0.3) is 0 Å². The first kappa shape index (κ1) is 31.6.